The van der Waals surface area contributed by atoms with Crippen LogP contribution in [0.1, 0.15) is 28.6 Å². The van der Waals surface area contributed by atoms with Gasteiger partial charge in [0.25, 0.3) is 0 Å². The second-order valence-electron chi connectivity index (χ2n) is 5.03. The molecule has 3 nitrogen and oxygen atoms in total. The molecule has 1 aromatic heterocycles. The van der Waals surface area contributed by atoms with Crippen molar-refractivity contribution in [3.05, 3.63) is 46.0 Å². The van der Waals surface area contributed by atoms with Crippen molar-refractivity contribution < 1.29 is 0 Å². The Labute approximate surface area is 125 Å². The SMILES string of the molecule is CCc1nc(N(C)Cc2ccccc2C)sc1CNC. The van der Waals surface area contributed by atoms with Crippen LogP contribution in [-0.4, -0.2) is 19.1 Å². The number of aryl methyl sites for hydroxylation is 2. The summed E-state index contributed by atoms with van der Waals surface area (Å²) in [6.07, 6.45) is 0.992. The Hall–Kier alpha value is -1.39. The average molecular weight is 289 g/mol. The van der Waals surface area contributed by atoms with Gasteiger partial charge in [-0.1, -0.05) is 31.2 Å². The maximum atomic E-state index is 4.78. The van der Waals surface area contributed by atoms with Crippen LogP contribution in [0, 0.1) is 6.92 Å². The Morgan fingerprint density at radius 3 is 2.70 bits per heavy atom. The van der Waals surface area contributed by atoms with Gasteiger partial charge in [-0.2, -0.15) is 0 Å². The Morgan fingerprint density at radius 1 is 1.30 bits per heavy atom. The summed E-state index contributed by atoms with van der Waals surface area (Å²) in [7, 11) is 4.10. The van der Waals surface area contributed by atoms with Crippen LogP contribution in [0.15, 0.2) is 24.3 Å². The molecule has 0 bridgehead atoms. The molecular weight excluding hydrogens is 266 g/mol. The predicted octanol–water partition coefficient (Wildman–Crippen LogP) is 3.37. The summed E-state index contributed by atoms with van der Waals surface area (Å²) in [5, 5.41) is 4.33. The molecule has 0 aliphatic carbocycles. The summed E-state index contributed by atoms with van der Waals surface area (Å²) in [6, 6.07) is 8.54. The lowest BCUT2D eigenvalue weighted by atomic mass is 10.1. The molecule has 0 spiro atoms. The predicted molar refractivity (Wildman–Crippen MR) is 87.5 cm³/mol. The molecule has 1 aromatic carbocycles. The lowest BCUT2D eigenvalue weighted by molar-refractivity contribution is 0.813. The van der Waals surface area contributed by atoms with Gasteiger partial charge in [0.15, 0.2) is 5.13 Å². The normalized spacial score (nSPS) is 10.8. The summed E-state index contributed by atoms with van der Waals surface area (Å²) >= 11 is 1.79. The monoisotopic (exact) mass is 289 g/mol. The minimum atomic E-state index is 0.902. The molecule has 0 amide bonds. The molecule has 108 valence electrons. The number of rotatable bonds is 6. The van der Waals surface area contributed by atoms with E-state index >= 15 is 0 Å². The molecule has 1 heterocycles. The fourth-order valence-electron chi connectivity index (χ4n) is 2.22. The standard InChI is InChI=1S/C16H23N3S/c1-5-14-15(10-17-3)20-16(18-14)19(4)11-13-9-7-6-8-12(13)2/h6-9,17H,5,10-11H2,1-4H3. The molecule has 0 radical (unpaired) electrons. The van der Waals surface area contributed by atoms with Gasteiger partial charge in [0, 0.05) is 25.0 Å². The molecular formula is C16H23N3S. The number of hydrogen-bond donors (Lipinski definition) is 1. The molecule has 0 unspecified atom stereocenters. The molecule has 0 atom stereocenters. The maximum Gasteiger partial charge on any atom is 0.185 e. The number of thiazole rings is 1. The van der Waals surface area contributed by atoms with Crippen LogP contribution in [-0.2, 0) is 19.5 Å². The molecule has 2 rings (SSSR count). The quantitative estimate of drug-likeness (QED) is 0.883. The number of benzene rings is 1. The van der Waals surface area contributed by atoms with Crippen LogP contribution in [0.25, 0.3) is 0 Å². The van der Waals surface area contributed by atoms with E-state index in [1.165, 1.54) is 21.7 Å². The zero-order chi connectivity index (χ0) is 14.5. The Morgan fingerprint density at radius 2 is 2.05 bits per heavy atom. The first-order valence-corrected chi connectivity index (χ1v) is 7.86. The molecule has 1 N–H and O–H groups in total. The molecule has 0 aliphatic rings. The smallest absolute Gasteiger partial charge is 0.185 e. The van der Waals surface area contributed by atoms with Crippen molar-refractivity contribution in [2.45, 2.75) is 33.4 Å². The van der Waals surface area contributed by atoms with Crippen LogP contribution in [0.4, 0.5) is 5.13 Å². The first-order valence-electron chi connectivity index (χ1n) is 7.04. The zero-order valence-electron chi connectivity index (χ0n) is 12.7. The minimum Gasteiger partial charge on any atom is -0.347 e. The molecule has 0 fully saturated rings. The van der Waals surface area contributed by atoms with Crippen molar-refractivity contribution >= 4 is 16.5 Å². The van der Waals surface area contributed by atoms with Crippen molar-refractivity contribution in [3.8, 4) is 0 Å². The van der Waals surface area contributed by atoms with Gasteiger partial charge >= 0.3 is 0 Å². The molecule has 4 heteroatoms. The number of nitrogens with one attached hydrogen (secondary N) is 1. The van der Waals surface area contributed by atoms with Crippen molar-refractivity contribution in [1.82, 2.24) is 10.3 Å². The number of anilines is 1. The Kier molecular flexibility index (Phi) is 5.15. The van der Waals surface area contributed by atoms with E-state index in [4.69, 9.17) is 4.98 Å². The van der Waals surface area contributed by atoms with Gasteiger partial charge in [-0.15, -0.1) is 11.3 Å². The van der Waals surface area contributed by atoms with E-state index in [-0.39, 0.29) is 0 Å². The van der Waals surface area contributed by atoms with Crippen LogP contribution in [0.3, 0.4) is 0 Å². The molecule has 0 aliphatic heterocycles. The molecule has 20 heavy (non-hydrogen) atoms. The number of aromatic nitrogens is 1. The van der Waals surface area contributed by atoms with Crippen LogP contribution < -0.4 is 10.2 Å². The fraction of sp³-hybridized carbons (Fsp3) is 0.438. The van der Waals surface area contributed by atoms with E-state index < -0.39 is 0 Å². The summed E-state index contributed by atoms with van der Waals surface area (Å²) in [4.78, 5) is 8.37. The van der Waals surface area contributed by atoms with Crippen LogP contribution >= 0.6 is 11.3 Å². The van der Waals surface area contributed by atoms with E-state index in [0.717, 1.165) is 24.6 Å². The van der Waals surface area contributed by atoms with E-state index in [2.05, 4.69) is 55.4 Å². The third-order valence-electron chi connectivity index (χ3n) is 3.43. The van der Waals surface area contributed by atoms with Gasteiger partial charge in [0.1, 0.15) is 0 Å². The van der Waals surface area contributed by atoms with E-state index in [1.54, 1.807) is 11.3 Å². The summed E-state index contributed by atoms with van der Waals surface area (Å²) < 4.78 is 0. The second kappa shape index (κ2) is 6.86. The van der Waals surface area contributed by atoms with Gasteiger partial charge < -0.3 is 10.2 Å². The van der Waals surface area contributed by atoms with Crippen molar-refractivity contribution in [2.75, 3.05) is 19.0 Å². The van der Waals surface area contributed by atoms with Crippen molar-refractivity contribution in [1.29, 1.82) is 0 Å². The molecule has 0 saturated heterocycles. The van der Waals surface area contributed by atoms with E-state index in [9.17, 15) is 0 Å². The largest absolute Gasteiger partial charge is 0.347 e. The number of hydrogen-bond acceptors (Lipinski definition) is 4. The highest BCUT2D eigenvalue weighted by Crippen LogP contribution is 2.27. The van der Waals surface area contributed by atoms with Gasteiger partial charge in [0.2, 0.25) is 0 Å². The maximum absolute atomic E-state index is 4.78. The highest BCUT2D eigenvalue weighted by atomic mass is 32.1. The minimum absolute atomic E-state index is 0.902. The van der Waals surface area contributed by atoms with Gasteiger partial charge in [-0.3, -0.25) is 0 Å². The highest BCUT2D eigenvalue weighted by molar-refractivity contribution is 7.15. The lowest BCUT2D eigenvalue weighted by Gasteiger charge is -2.17. The number of nitrogens with zero attached hydrogens (tertiary/aromatic N) is 2. The van der Waals surface area contributed by atoms with Gasteiger partial charge in [-0.25, -0.2) is 4.98 Å². The fourth-order valence-corrected chi connectivity index (χ4v) is 3.34. The third kappa shape index (κ3) is 3.38. The van der Waals surface area contributed by atoms with E-state index in [1.807, 2.05) is 7.05 Å². The first-order chi connectivity index (χ1) is 9.65. The third-order valence-corrected chi connectivity index (χ3v) is 4.65. The Balaban J connectivity index is 2.17. The second-order valence-corrected chi connectivity index (χ2v) is 6.09. The summed E-state index contributed by atoms with van der Waals surface area (Å²) in [5.41, 5.74) is 3.91. The highest BCUT2D eigenvalue weighted by Gasteiger charge is 2.13. The molecule has 0 saturated carbocycles. The molecule has 2 aromatic rings. The lowest BCUT2D eigenvalue weighted by Crippen LogP contribution is -2.16. The van der Waals surface area contributed by atoms with Crippen LogP contribution in [0.2, 0.25) is 0 Å². The van der Waals surface area contributed by atoms with Crippen molar-refractivity contribution in [2.24, 2.45) is 0 Å². The van der Waals surface area contributed by atoms with E-state index in [0.29, 0.717) is 0 Å². The summed E-state index contributed by atoms with van der Waals surface area (Å²) in [6.45, 7) is 6.13. The first kappa shape index (κ1) is 15.0. The van der Waals surface area contributed by atoms with Crippen LogP contribution in [0.5, 0.6) is 0 Å². The van der Waals surface area contributed by atoms with Gasteiger partial charge in [0.05, 0.1) is 5.69 Å². The topological polar surface area (TPSA) is 28.2 Å². The zero-order valence-corrected chi connectivity index (χ0v) is 13.5. The van der Waals surface area contributed by atoms with Gasteiger partial charge in [-0.05, 0) is 31.5 Å². The Bertz CT molecular complexity index is 563. The van der Waals surface area contributed by atoms with Crippen molar-refractivity contribution in [3.63, 3.8) is 0 Å². The summed E-state index contributed by atoms with van der Waals surface area (Å²) in [5.74, 6) is 0. The average Bonchev–Trinajstić information content (AvgIpc) is 2.85.